The number of carbonyl (C=O) groups excluding carboxylic acids is 1. The number of nitrogens with zero attached hydrogens (tertiary/aromatic N) is 1. The van der Waals surface area contributed by atoms with Gasteiger partial charge in [0.2, 0.25) is 0 Å². The summed E-state index contributed by atoms with van der Waals surface area (Å²) in [6, 6.07) is 11.7. The number of hydrogen-bond donors (Lipinski definition) is 1. The van der Waals surface area contributed by atoms with Crippen molar-refractivity contribution in [1.82, 2.24) is 0 Å². The van der Waals surface area contributed by atoms with Gasteiger partial charge in [-0.25, -0.2) is 0 Å². The second-order valence-corrected chi connectivity index (χ2v) is 7.59. The summed E-state index contributed by atoms with van der Waals surface area (Å²) in [5, 5.41) is 3.65. The van der Waals surface area contributed by atoms with Crippen molar-refractivity contribution in [2.45, 2.75) is 46.1 Å². The molecule has 3 rings (SSSR count). The molecule has 1 saturated heterocycles. The number of ether oxygens (including phenoxy) is 1. The van der Waals surface area contributed by atoms with Crippen molar-refractivity contribution in [3.63, 3.8) is 0 Å². The molecule has 0 bridgehead atoms. The van der Waals surface area contributed by atoms with Gasteiger partial charge in [-0.05, 0) is 87.6 Å². The normalized spacial score (nSPS) is 15.3. The predicted octanol–water partition coefficient (Wildman–Crippen LogP) is 5.35. The Labute approximate surface area is 166 Å². The number of halogens is 1. The minimum Gasteiger partial charge on any atom is -0.481 e. The van der Waals surface area contributed by atoms with Gasteiger partial charge in [0.1, 0.15) is 5.75 Å². The van der Waals surface area contributed by atoms with E-state index in [0.29, 0.717) is 5.75 Å². The highest BCUT2D eigenvalue weighted by Crippen LogP contribution is 2.27. The highest BCUT2D eigenvalue weighted by molar-refractivity contribution is 6.32. The van der Waals surface area contributed by atoms with Crippen LogP contribution in [0.15, 0.2) is 36.4 Å². The number of nitrogens with one attached hydrogen (secondary N) is 1. The summed E-state index contributed by atoms with van der Waals surface area (Å²) in [5.41, 5.74) is 3.86. The Hall–Kier alpha value is -2.20. The maximum Gasteiger partial charge on any atom is 0.265 e. The predicted molar refractivity (Wildman–Crippen MR) is 112 cm³/mol. The van der Waals surface area contributed by atoms with Gasteiger partial charge in [-0.3, -0.25) is 4.79 Å². The van der Waals surface area contributed by atoms with Crippen LogP contribution in [-0.4, -0.2) is 25.1 Å². The average molecular weight is 387 g/mol. The molecule has 0 aromatic heterocycles. The number of hydrogen-bond acceptors (Lipinski definition) is 3. The van der Waals surface area contributed by atoms with Crippen molar-refractivity contribution in [1.29, 1.82) is 0 Å². The Morgan fingerprint density at radius 2 is 1.67 bits per heavy atom. The van der Waals surface area contributed by atoms with E-state index in [2.05, 4.69) is 22.3 Å². The van der Waals surface area contributed by atoms with E-state index >= 15 is 0 Å². The molecule has 5 heteroatoms. The van der Waals surface area contributed by atoms with E-state index in [-0.39, 0.29) is 5.91 Å². The number of anilines is 2. The summed E-state index contributed by atoms with van der Waals surface area (Å²) in [6.07, 6.45) is 3.20. The quantitative estimate of drug-likeness (QED) is 0.752. The molecule has 1 fully saturated rings. The third-order valence-electron chi connectivity index (χ3n) is 4.95. The van der Waals surface area contributed by atoms with E-state index in [4.69, 9.17) is 16.3 Å². The van der Waals surface area contributed by atoms with Crippen molar-refractivity contribution in [2.24, 2.45) is 0 Å². The molecule has 144 valence electrons. The van der Waals surface area contributed by atoms with E-state index < -0.39 is 6.10 Å². The van der Waals surface area contributed by atoms with Gasteiger partial charge in [0.05, 0.1) is 0 Å². The van der Waals surface area contributed by atoms with E-state index in [1.165, 1.54) is 24.9 Å². The third kappa shape index (κ3) is 4.95. The molecule has 0 saturated carbocycles. The van der Waals surface area contributed by atoms with Crippen LogP contribution in [0, 0.1) is 13.8 Å². The number of benzene rings is 2. The van der Waals surface area contributed by atoms with Crippen molar-refractivity contribution >= 4 is 28.9 Å². The van der Waals surface area contributed by atoms with Crippen molar-refractivity contribution < 1.29 is 9.53 Å². The lowest BCUT2D eigenvalue weighted by atomic mass is 10.1. The molecule has 1 amide bonds. The number of amides is 1. The number of carbonyl (C=O) groups is 1. The van der Waals surface area contributed by atoms with Gasteiger partial charge >= 0.3 is 0 Å². The van der Waals surface area contributed by atoms with Crippen LogP contribution >= 0.6 is 11.6 Å². The highest BCUT2D eigenvalue weighted by Gasteiger charge is 2.16. The van der Waals surface area contributed by atoms with Gasteiger partial charge in [0.15, 0.2) is 6.10 Å². The Balaban J connectivity index is 1.59. The molecule has 1 atom stereocenters. The molecule has 4 nitrogen and oxygen atoms in total. The molecule has 0 radical (unpaired) electrons. The Kier molecular flexibility index (Phi) is 6.27. The minimum absolute atomic E-state index is 0.175. The second-order valence-electron chi connectivity index (χ2n) is 7.21. The summed E-state index contributed by atoms with van der Waals surface area (Å²) in [5.74, 6) is 0.475. The number of rotatable bonds is 5. The van der Waals surface area contributed by atoms with Crippen LogP contribution in [-0.2, 0) is 4.79 Å². The van der Waals surface area contributed by atoms with Crippen molar-refractivity contribution in [2.75, 3.05) is 23.3 Å². The first-order valence-electron chi connectivity index (χ1n) is 9.53. The smallest absolute Gasteiger partial charge is 0.265 e. The molecule has 0 unspecified atom stereocenters. The van der Waals surface area contributed by atoms with Gasteiger partial charge in [-0.2, -0.15) is 0 Å². The molecule has 1 heterocycles. The van der Waals surface area contributed by atoms with Crippen LogP contribution in [0.5, 0.6) is 5.75 Å². The molecule has 1 N–H and O–H groups in total. The lowest BCUT2D eigenvalue weighted by molar-refractivity contribution is -0.122. The summed E-state index contributed by atoms with van der Waals surface area (Å²) in [7, 11) is 0. The Morgan fingerprint density at radius 1 is 1.07 bits per heavy atom. The van der Waals surface area contributed by atoms with Gasteiger partial charge in [-0.1, -0.05) is 11.6 Å². The molecule has 1 aliphatic rings. The van der Waals surface area contributed by atoms with Gasteiger partial charge in [0, 0.05) is 29.5 Å². The lowest BCUT2D eigenvalue weighted by Gasteiger charge is -2.28. The van der Waals surface area contributed by atoms with E-state index in [1.54, 1.807) is 6.92 Å². The number of aryl methyl sites for hydroxylation is 2. The average Bonchev–Trinajstić information content (AvgIpc) is 2.67. The fraction of sp³-hybridized carbons (Fsp3) is 0.409. The van der Waals surface area contributed by atoms with Crippen LogP contribution in [0.25, 0.3) is 0 Å². The zero-order valence-electron chi connectivity index (χ0n) is 16.2. The number of piperidine rings is 1. The van der Waals surface area contributed by atoms with Gasteiger partial charge in [-0.15, -0.1) is 0 Å². The van der Waals surface area contributed by atoms with Crippen LogP contribution < -0.4 is 15.0 Å². The van der Waals surface area contributed by atoms with Gasteiger partial charge < -0.3 is 15.0 Å². The molecular formula is C22H27ClN2O2. The largest absolute Gasteiger partial charge is 0.481 e. The minimum atomic E-state index is -0.605. The van der Waals surface area contributed by atoms with E-state index in [1.807, 2.05) is 38.1 Å². The molecule has 2 aromatic rings. The van der Waals surface area contributed by atoms with Crippen LogP contribution in [0.2, 0.25) is 5.02 Å². The van der Waals surface area contributed by atoms with Crippen molar-refractivity contribution in [3.8, 4) is 5.75 Å². The fourth-order valence-corrected chi connectivity index (χ4v) is 3.49. The summed E-state index contributed by atoms with van der Waals surface area (Å²) in [4.78, 5) is 14.9. The van der Waals surface area contributed by atoms with Gasteiger partial charge in [0.25, 0.3) is 5.91 Å². The first kappa shape index (κ1) is 19.6. The topological polar surface area (TPSA) is 41.6 Å². The lowest BCUT2D eigenvalue weighted by Crippen LogP contribution is -2.30. The molecule has 0 aliphatic carbocycles. The highest BCUT2D eigenvalue weighted by atomic mass is 35.5. The molecule has 1 aliphatic heterocycles. The summed E-state index contributed by atoms with van der Waals surface area (Å²) >= 11 is 6.19. The van der Waals surface area contributed by atoms with Crippen LogP contribution in [0.4, 0.5) is 11.4 Å². The maximum absolute atomic E-state index is 12.5. The van der Waals surface area contributed by atoms with E-state index in [0.717, 1.165) is 34.9 Å². The SMILES string of the molecule is Cc1cc(O[C@@H](C)C(=O)Nc2ccc(N3CCCCC3)cc2)cc(C)c1Cl. The molecule has 0 spiro atoms. The first-order valence-corrected chi connectivity index (χ1v) is 9.91. The Bertz CT molecular complexity index is 775. The van der Waals surface area contributed by atoms with Crippen LogP contribution in [0.3, 0.4) is 0 Å². The monoisotopic (exact) mass is 386 g/mol. The molecule has 2 aromatic carbocycles. The summed E-state index contributed by atoms with van der Waals surface area (Å²) in [6.45, 7) is 7.82. The molecule has 27 heavy (non-hydrogen) atoms. The summed E-state index contributed by atoms with van der Waals surface area (Å²) < 4.78 is 5.80. The standard InChI is InChI=1S/C22H27ClN2O2/c1-15-13-20(14-16(2)21(15)23)27-17(3)22(26)24-18-7-9-19(10-8-18)25-11-5-4-6-12-25/h7-10,13-14,17H,4-6,11-12H2,1-3H3,(H,24,26)/t17-/m0/s1. The Morgan fingerprint density at radius 3 is 2.26 bits per heavy atom. The zero-order valence-corrected chi connectivity index (χ0v) is 17.0. The third-order valence-corrected chi connectivity index (χ3v) is 5.54. The molecular weight excluding hydrogens is 360 g/mol. The van der Waals surface area contributed by atoms with E-state index in [9.17, 15) is 4.79 Å². The van der Waals surface area contributed by atoms with Crippen molar-refractivity contribution in [3.05, 3.63) is 52.5 Å². The fourth-order valence-electron chi connectivity index (χ4n) is 3.38. The van der Waals surface area contributed by atoms with Crippen LogP contribution in [0.1, 0.15) is 37.3 Å². The zero-order chi connectivity index (χ0) is 19.4. The maximum atomic E-state index is 12.5. The second kappa shape index (κ2) is 8.66. The first-order chi connectivity index (χ1) is 12.9.